The number of nitrogens with zero attached hydrogens (tertiary/aromatic N) is 1. The maximum absolute atomic E-state index is 11.7. The average molecular weight is 442 g/mol. The molecule has 1 fully saturated rings. The van der Waals surface area contributed by atoms with Crippen molar-refractivity contribution in [3.63, 3.8) is 0 Å². The molecule has 1 heterocycles. The van der Waals surface area contributed by atoms with Crippen LogP contribution in [0.1, 0.15) is 47.7 Å². The molecule has 2 aromatic carbocycles. The molecule has 0 saturated carbocycles. The Morgan fingerprint density at radius 3 is 2.42 bits per heavy atom. The standard InChI is InChI=1S/C26H35NO3S/c1-20(31-3)17-23-11-12-24(21-7-9-22(10-8-21)26(28)29-2)18-25(23)19-30-16-15-27-13-5-4-6-14-27/h7-12,18,20H,4-6,13-17,19H2,1-3H3. The van der Waals surface area contributed by atoms with E-state index in [0.717, 1.165) is 30.7 Å². The van der Waals surface area contributed by atoms with Gasteiger partial charge in [-0.05, 0) is 79.1 Å². The minimum atomic E-state index is -0.309. The predicted octanol–water partition coefficient (Wildman–Crippen LogP) is 5.44. The zero-order valence-electron chi connectivity index (χ0n) is 19.1. The molecule has 31 heavy (non-hydrogen) atoms. The maximum atomic E-state index is 11.7. The van der Waals surface area contributed by atoms with Crippen molar-refractivity contribution in [3.05, 3.63) is 59.2 Å². The minimum Gasteiger partial charge on any atom is -0.465 e. The molecule has 1 unspecified atom stereocenters. The van der Waals surface area contributed by atoms with Crippen molar-refractivity contribution in [2.75, 3.05) is 39.6 Å². The molecule has 0 amide bonds. The number of piperidine rings is 1. The normalized spacial score (nSPS) is 15.6. The molecule has 0 spiro atoms. The molecule has 1 atom stereocenters. The largest absolute Gasteiger partial charge is 0.465 e. The van der Waals surface area contributed by atoms with Crippen molar-refractivity contribution in [2.24, 2.45) is 0 Å². The summed E-state index contributed by atoms with van der Waals surface area (Å²) in [5.74, 6) is -0.309. The molecule has 1 aliphatic heterocycles. The smallest absolute Gasteiger partial charge is 0.337 e. The van der Waals surface area contributed by atoms with Crippen LogP contribution < -0.4 is 0 Å². The summed E-state index contributed by atoms with van der Waals surface area (Å²) in [5.41, 5.74) is 5.42. The SMILES string of the molecule is COC(=O)c1ccc(-c2ccc(CC(C)SC)c(COCCN3CCCCC3)c2)cc1. The summed E-state index contributed by atoms with van der Waals surface area (Å²) in [4.78, 5) is 14.2. The first-order valence-corrected chi connectivity index (χ1v) is 12.5. The summed E-state index contributed by atoms with van der Waals surface area (Å²) in [6, 6.07) is 14.3. The quantitative estimate of drug-likeness (QED) is 0.363. The van der Waals surface area contributed by atoms with Crippen molar-refractivity contribution < 1.29 is 14.3 Å². The molecular weight excluding hydrogens is 406 g/mol. The Kier molecular flexibility index (Phi) is 9.44. The van der Waals surface area contributed by atoms with Gasteiger partial charge in [0.1, 0.15) is 0 Å². The van der Waals surface area contributed by atoms with E-state index in [1.165, 1.54) is 50.6 Å². The van der Waals surface area contributed by atoms with Crippen molar-refractivity contribution in [1.29, 1.82) is 0 Å². The lowest BCUT2D eigenvalue weighted by Crippen LogP contribution is -2.32. The van der Waals surface area contributed by atoms with E-state index in [2.05, 4.69) is 36.3 Å². The van der Waals surface area contributed by atoms with E-state index in [1.54, 1.807) is 0 Å². The monoisotopic (exact) mass is 441 g/mol. The molecule has 1 saturated heterocycles. The number of esters is 1. The third-order valence-electron chi connectivity index (χ3n) is 6.01. The molecule has 168 valence electrons. The fourth-order valence-electron chi connectivity index (χ4n) is 4.01. The highest BCUT2D eigenvalue weighted by molar-refractivity contribution is 7.99. The lowest BCUT2D eigenvalue weighted by atomic mass is 9.96. The number of hydrogen-bond acceptors (Lipinski definition) is 5. The van der Waals surface area contributed by atoms with E-state index >= 15 is 0 Å². The Morgan fingerprint density at radius 2 is 1.74 bits per heavy atom. The molecule has 5 heteroatoms. The lowest BCUT2D eigenvalue weighted by molar-refractivity contribution is 0.0600. The molecule has 0 aromatic heterocycles. The fraction of sp³-hybridized carbons (Fsp3) is 0.500. The maximum Gasteiger partial charge on any atom is 0.337 e. The van der Waals surface area contributed by atoms with Gasteiger partial charge < -0.3 is 14.4 Å². The number of benzene rings is 2. The first-order valence-electron chi connectivity index (χ1n) is 11.2. The topological polar surface area (TPSA) is 38.8 Å². The summed E-state index contributed by atoms with van der Waals surface area (Å²) < 4.78 is 10.9. The van der Waals surface area contributed by atoms with E-state index in [4.69, 9.17) is 9.47 Å². The van der Waals surface area contributed by atoms with Crippen LogP contribution >= 0.6 is 11.8 Å². The Hall–Kier alpha value is -1.82. The summed E-state index contributed by atoms with van der Waals surface area (Å²) >= 11 is 1.89. The summed E-state index contributed by atoms with van der Waals surface area (Å²) in [6.45, 7) is 7.11. The fourth-order valence-corrected chi connectivity index (χ4v) is 4.35. The third kappa shape index (κ3) is 7.09. The van der Waals surface area contributed by atoms with Gasteiger partial charge in [-0.2, -0.15) is 11.8 Å². The summed E-state index contributed by atoms with van der Waals surface area (Å²) in [7, 11) is 1.40. The zero-order valence-corrected chi connectivity index (χ0v) is 19.9. The number of likely N-dealkylation sites (tertiary alicyclic amines) is 1. The van der Waals surface area contributed by atoms with Gasteiger partial charge in [-0.25, -0.2) is 4.79 Å². The Morgan fingerprint density at radius 1 is 1.03 bits per heavy atom. The van der Waals surface area contributed by atoms with Gasteiger partial charge in [-0.15, -0.1) is 0 Å². The zero-order chi connectivity index (χ0) is 22.1. The number of hydrogen-bond donors (Lipinski definition) is 0. The Bertz CT molecular complexity index is 831. The number of ether oxygens (including phenoxy) is 2. The van der Waals surface area contributed by atoms with Gasteiger partial charge in [0.25, 0.3) is 0 Å². The number of carbonyl (C=O) groups is 1. The third-order valence-corrected chi connectivity index (χ3v) is 6.98. The molecule has 0 radical (unpaired) electrons. The number of rotatable bonds is 10. The van der Waals surface area contributed by atoms with Crippen molar-refractivity contribution in [3.8, 4) is 11.1 Å². The number of carbonyl (C=O) groups excluding carboxylic acids is 1. The molecule has 0 bridgehead atoms. The molecule has 4 nitrogen and oxygen atoms in total. The van der Waals surface area contributed by atoms with Crippen LogP contribution in [0.2, 0.25) is 0 Å². The van der Waals surface area contributed by atoms with Gasteiger partial charge in [-0.1, -0.05) is 37.6 Å². The van der Waals surface area contributed by atoms with Crippen LogP contribution in [-0.2, 0) is 22.5 Å². The van der Waals surface area contributed by atoms with Crippen LogP contribution in [0.25, 0.3) is 11.1 Å². The van der Waals surface area contributed by atoms with E-state index in [0.29, 0.717) is 17.4 Å². The van der Waals surface area contributed by atoms with Gasteiger partial charge in [0.15, 0.2) is 0 Å². The van der Waals surface area contributed by atoms with Crippen LogP contribution in [0, 0.1) is 0 Å². The lowest BCUT2D eigenvalue weighted by Gasteiger charge is -2.26. The molecule has 2 aromatic rings. The van der Waals surface area contributed by atoms with Crippen molar-refractivity contribution >= 4 is 17.7 Å². The van der Waals surface area contributed by atoms with Crippen molar-refractivity contribution in [1.82, 2.24) is 4.90 Å². The molecule has 0 N–H and O–H groups in total. The highest BCUT2D eigenvalue weighted by atomic mass is 32.2. The number of thioether (sulfide) groups is 1. The van der Waals surface area contributed by atoms with Gasteiger partial charge in [0, 0.05) is 11.8 Å². The van der Waals surface area contributed by atoms with Gasteiger partial charge in [0.05, 0.1) is 25.9 Å². The Labute approximate surface area is 191 Å². The van der Waals surface area contributed by atoms with E-state index in [9.17, 15) is 4.79 Å². The van der Waals surface area contributed by atoms with Crippen molar-refractivity contribution in [2.45, 2.75) is 44.5 Å². The molecule has 3 rings (SSSR count). The summed E-state index contributed by atoms with van der Waals surface area (Å²) in [5, 5.41) is 0.567. The van der Waals surface area contributed by atoms with Crippen LogP contribution in [0.3, 0.4) is 0 Å². The predicted molar refractivity (Wildman–Crippen MR) is 130 cm³/mol. The minimum absolute atomic E-state index is 0.309. The second kappa shape index (κ2) is 12.3. The summed E-state index contributed by atoms with van der Waals surface area (Å²) in [6.07, 6.45) is 7.19. The van der Waals surface area contributed by atoms with Crippen LogP contribution in [0.5, 0.6) is 0 Å². The van der Waals surface area contributed by atoms with Crippen LogP contribution in [0.4, 0.5) is 0 Å². The van der Waals surface area contributed by atoms with Gasteiger partial charge >= 0.3 is 5.97 Å². The highest BCUT2D eigenvalue weighted by Gasteiger charge is 2.12. The average Bonchev–Trinajstić information content (AvgIpc) is 2.82. The van der Waals surface area contributed by atoms with Gasteiger partial charge in [0.2, 0.25) is 0 Å². The molecule has 1 aliphatic rings. The van der Waals surface area contributed by atoms with Gasteiger partial charge in [-0.3, -0.25) is 0 Å². The first-order chi connectivity index (χ1) is 15.1. The van der Waals surface area contributed by atoms with E-state index in [-0.39, 0.29) is 5.97 Å². The van der Waals surface area contributed by atoms with Crippen LogP contribution in [-0.4, -0.2) is 55.7 Å². The number of methoxy groups -OCH3 is 1. The highest BCUT2D eigenvalue weighted by Crippen LogP contribution is 2.26. The molecular formula is C26H35NO3S. The molecule has 0 aliphatic carbocycles. The first kappa shape index (κ1) is 23.8. The second-order valence-electron chi connectivity index (χ2n) is 8.26. The second-order valence-corrected chi connectivity index (χ2v) is 9.53. The van der Waals surface area contributed by atoms with E-state index in [1.807, 2.05) is 36.0 Å². The Balaban J connectivity index is 1.70. The van der Waals surface area contributed by atoms with E-state index < -0.39 is 0 Å². The van der Waals surface area contributed by atoms with Crippen LogP contribution in [0.15, 0.2) is 42.5 Å².